The van der Waals surface area contributed by atoms with Gasteiger partial charge in [-0.2, -0.15) is 11.8 Å². The van der Waals surface area contributed by atoms with E-state index in [0.29, 0.717) is 11.3 Å². The van der Waals surface area contributed by atoms with Crippen molar-refractivity contribution in [2.45, 2.75) is 50.7 Å². The second-order valence-electron chi connectivity index (χ2n) is 4.71. The highest BCUT2D eigenvalue weighted by Gasteiger charge is 2.05. The Morgan fingerprint density at radius 2 is 1.88 bits per heavy atom. The maximum absolute atomic E-state index is 3.60. The minimum atomic E-state index is 0.653. The van der Waals surface area contributed by atoms with Crippen LogP contribution in [0.2, 0.25) is 0 Å². The fraction of sp³-hybridized carbons (Fsp3) is 0.600. The largest absolute Gasteiger partial charge is 0.313 e. The van der Waals surface area contributed by atoms with Gasteiger partial charge in [-0.15, -0.1) is 0 Å². The molecule has 0 aliphatic heterocycles. The van der Waals surface area contributed by atoms with Gasteiger partial charge in [-0.05, 0) is 18.9 Å². The second-order valence-corrected chi connectivity index (χ2v) is 6.13. The van der Waals surface area contributed by atoms with Crippen LogP contribution in [0.1, 0.15) is 39.2 Å². The average molecular weight is 251 g/mol. The van der Waals surface area contributed by atoms with E-state index in [2.05, 4.69) is 56.4 Å². The van der Waals surface area contributed by atoms with Gasteiger partial charge in [-0.3, -0.25) is 0 Å². The molecule has 1 aromatic rings. The van der Waals surface area contributed by atoms with Crippen LogP contribution in [0, 0.1) is 0 Å². The summed E-state index contributed by atoms with van der Waals surface area (Å²) in [7, 11) is 0. The maximum Gasteiger partial charge on any atom is 0.0187 e. The first kappa shape index (κ1) is 14.6. The van der Waals surface area contributed by atoms with Crippen LogP contribution in [0.25, 0.3) is 0 Å². The normalized spacial score (nSPS) is 14.5. The predicted molar refractivity (Wildman–Crippen MR) is 79.6 cm³/mol. The molecule has 0 amide bonds. The summed E-state index contributed by atoms with van der Waals surface area (Å²) in [4.78, 5) is 0. The molecule has 0 spiro atoms. The number of rotatable bonds is 8. The van der Waals surface area contributed by atoms with E-state index in [0.717, 1.165) is 12.3 Å². The van der Waals surface area contributed by atoms with Crippen molar-refractivity contribution >= 4 is 11.8 Å². The SMILES string of the molecule is CCCC(C)NCC(C)SCc1ccccc1. The molecule has 2 atom stereocenters. The zero-order chi connectivity index (χ0) is 12.5. The maximum atomic E-state index is 3.60. The van der Waals surface area contributed by atoms with Crippen LogP contribution in [-0.4, -0.2) is 17.8 Å². The zero-order valence-electron chi connectivity index (χ0n) is 11.3. The summed E-state index contributed by atoms with van der Waals surface area (Å²) in [6, 6.07) is 11.4. The summed E-state index contributed by atoms with van der Waals surface area (Å²) in [5, 5.41) is 4.27. The van der Waals surface area contributed by atoms with Crippen LogP contribution in [0.15, 0.2) is 30.3 Å². The molecule has 2 heteroatoms. The molecule has 0 saturated heterocycles. The average Bonchev–Trinajstić information content (AvgIpc) is 2.35. The van der Waals surface area contributed by atoms with Crippen molar-refractivity contribution in [2.24, 2.45) is 0 Å². The molecule has 0 aliphatic rings. The van der Waals surface area contributed by atoms with Gasteiger partial charge in [-0.1, -0.05) is 50.6 Å². The fourth-order valence-electron chi connectivity index (χ4n) is 1.77. The molecular weight excluding hydrogens is 226 g/mol. The summed E-state index contributed by atoms with van der Waals surface area (Å²) in [5.41, 5.74) is 1.42. The lowest BCUT2D eigenvalue weighted by Crippen LogP contribution is -2.31. The summed E-state index contributed by atoms with van der Waals surface area (Å²) < 4.78 is 0. The molecule has 0 saturated carbocycles. The van der Waals surface area contributed by atoms with Crippen molar-refractivity contribution in [3.05, 3.63) is 35.9 Å². The first-order valence-corrected chi connectivity index (χ1v) is 7.66. The van der Waals surface area contributed by atoms with E-state index >= 15 is 0 Å². The molecule has 0 radical (unpaired) electrons. The highest BCUT2D eigenvalue weighted by atomic mass is 32.2. The van der Waals surface area contributed by atoms with E-state index in [1.807, 2.05) is 11.8 Å². The lowest BCUT2D eigenvalue weighted by molar-refractivity contribution is 0.511. The Kier molecular flexibility index (Phi) is 7.38. The zero-order valence-corrected chi connectivity index (χ0v) is 12.1. The van der Waals surface area contributed by atoms with E-state index < -0.39 is 0 Å². The fourth-order valence-corrected chi connectivity index (χ4v) is 2.66. The van der Waals surface area contributed by atoms with E-state index in [4.69, 9.17) is 0 Å². The molecular formula is C15H25NS. The van der Waals surface area contributed by atoms with Gasteiger partial charge in [0, 0.05) is 23.6 Å². The Labute approximate surface area is 110 Å². The van der Waals surface area contributed by atoms with Gasteiger partial charge in [0.2, 0.25) is 0 Å². The summed E-state index contributed by atoms with van der Waals surface area (Å²) in [6.45, 7) is 7.93. The van der Waals surface area contributed by atoms with E-state index in [9.17, 15) is 0 Å². The third-order valence-corrected chi connectivity index (χ3v) is 4.09. The Balaban J connectivity index is 2.15. The van der Waals surface area contributed by atoms with Gasteiger partial charge in [0.05, 0.1) is 0 Å². The van der Waals surface area contributed by atoms with Crippen LogP contribution >= 0.6 is 11.8 Å². The molecule has 1 aromatic carbocycles. The summed E-state index contributed by atoms with van der Waals surface area (Å²) >= 11 is 2.03. The molecule has 1 nitrogen and oxygen atoms in total. The number of benzene rings is 1. The van der Waals surface area contributed by atoms with Crippen LogP contribution < -0.4 is 5.32 Å². The molecule has 96 valence electrons. The highest BCUT2D eigenvalue weighted by Crippen LogP contribution is 2.16. The first-order valence-electron chi connectivity index (χ1n) is 6.61. The van der Waals surface area contributed by atoms with Gasteiger partial charge in [0.25, 0.3) is 0 Å². The number of nitrogens with one attached hydrogen (secondary N) is 1. The predicted octanol–water partition coefficient (Wildman–Crippen LogP) is 4.09. The topological polar surface area (TPSA) is 12.0 Å². The lowest BCUT2D eigenvalue weighted by atomic mass is 10.2. The third kappa shape index (κ3) is 6.75. The molecule has 0 bridgehead atoms. The Hall–Kier alpha value is -0.470. The van der Waals surface area contributed by atoms with Gasteiger partial charge < -0.3 is 5.32 Å². The molecule has 0 fully saturated rings. The van der Waals surface area contributed by atoms with Crippen molar-refractivity contribution < 1.29 is 0 Å². The van der Waals surface area contributed by atoms with Gasteiger partial charge >= 0.3 is 0 Å². The molecule has 0 aliphatic carbocycles. The van der Waals surface area contributed by atoms with Crippen molar-refractivity contribution in [3.63, 3.8) is 0 Å². The minimum Gasteiger partial charge on any atom is -0.313 e. The molecule has 1 rings (SSSR count). The van der Waals surface area contributed by atoms with E-state index in [-0.39, 0.29) is 0 Å². The van der Waals surface area contributed by atoms with E-state index in [1.54, 1.807) is 0 Å². The lowest BCUT2D eigenvalue weighted by Gasteiger charge is -2.17. The monoisotopic (exact) mass is 251 g/mol. The number of hydrogen-bond acceptors (Lipinski definition) is 2. The number of hydrogen-bond donors (Lipinski definition) is 1. The minimum absolute atomic E-state index is 0.653. The quantitative estimate of drug-likeness (QED) is 0.747. The van der Waals surface area contributed by atoms with E-state index in [1.165, 1.54) is 18.4 Å². The highest BCUT2D eigenvalue weighted by molar-refractivity contribution is 7.99. The Bertz CT molecular complexity index is 286. The third-order valence-electron chi connectivity index (χ3n) is 2.85. The van der Waals surface area contributed by atoms with Gasteiger partial charge in [0.1, 0.15) is 0 Å². The van der Waals surface area contributed by atoms with Crippen LogP contribution in [0.5, 0.6) is 0 Å². The molecule has 0 aromatic heterocycles. The van der Waals surface area contributed by atoms with Crippen molar-refractivity contribution in [3.8, 4) is 0 Å². The second kappa shape index (κ2) is 8.60. The summed E-state index contributed by atoms with van der Waals surface area (Å²) in [5.74, 6) is 1.12. The molecule has 17 heavy (non-hydrogen) atoms. The summed E-state index contributed by atoms with van der Waals surface area (Å²) in [6.07, 6.45) is 2.54. The van der Waals surface area contributed by atoms with Crippen molar-refractivity contribution in [1.82, 2.24) is 5.32 Å². The van der Waals surface area contributed by atoms with Crippen LogP contribution in [0.3, 0.4) is 0 Å². The van der Waals surface area contributed by atoms with Crippen molar-refractivity contribution in [2.75, 3.05) is 6.54 Å². The first-order chi connectivity index (χ1) is 8.22. The molecule has 2 unspecified atom stereocenters. The number of thioether (sulfide) groups is 1. The Morgan fingerprint density at radius 3 is 2.53 bits per heavy atom. The van der Waals surface area contributed by atoms with Crippen LogP contribution in [-0.2, 0) is 5.75 Å². The Morgan fingerprint density at radius 1 is 1.18 bits per heavy atom. The van der Waals surface area contributed by atoms with Gasteiger partial charge in [0.15, 0.2) is 0 Å². The van der Waals surface area contributed by atoms with Crippen molar-refractivity contribution in [1.29, 1.82) is 0 Å². The standard InChI is InChI=1S/C15H25NS/c1-4-8-13(2)16-11-14(3)17-12-15-9-6-5-7-10-15/h5-7,9-10,13-14,16H,4,8,11-12H2,1-3H3. The molecule has 0 heterocycles. The molecule has 1 N–H and O–H groups in total. The van der Waals surface area contributed by atoms with Crippen LogP contribution in [0.4, 0.5) is 0 Å². The smallest absolute Gasteiger partial charge is 0.0187 e. The van der Waals surface area contributed by atoms with Gasteiger partial charge in [-0.25, -0.2) is 0 Å².